The lowest BCUT2D eigenvalue weighted by molar-refractivity contribution is 0.193. The summed E-state index contributed by atoms with van der Waals surface area (Å²) in [5.41, 5.74) is -0.106. The van der Waals surface area contributed by atoms with Crippen molar-refractivity contribution in [3.05, 3.63) is 64.2 Å². The van der Waals surface area contributed by atoms with E-state index >= 15 is 0 Å². The molecule has 0 saturated carbocycles. The van der Waals surface area contributed by atoms with Gasteiger partial charge in [-0.3, -0.25) is 4.79 Å². The van der Waals surface area contributed by atoms with Crippen LogP contribution in [0.15, 0.2) is 41.2 Å². The van der Waals surface area contributed by atoms with E-state index in [4.69, 9.17) is 9.47 Å². The molecular weight excluding hydrogens is 330 g/mol. The van der Waals surface area contributed by atoms with Crippen molar-refractivity contribution in [2.45, 2.75) is 12.3 Å². The van der Waals surface area contributed by atoms with Crippen molar-refractivity contribution in [2.24, 2.45) is 0 Å². The van der Waals surface area contributed by atoms with Gasteiger partial charge in [-0.15, -0.1) is 0 Å². The number of aromatic nitrogens is 2. The highest BCUT2D eigenvalue weighted by Crippen LogP contribution is 2.28. The number of hydrogen-bond donors (Lipinski definition) is 1. The summed E-state index contributed by atoms with van der Waals surface area (Å²) in [5.74, 6) is -0.414. The second-order valence-electron chi connectivity index (χ2n) is 5.87. The average Bonchev–Trinajstić information content (AvgIpc) is 3.12. The smallest absolute Gasteiger partial charge is 0.258 e. The summed E-state index contributed by atoms with van der Waals surface area (Å²) in [6.07, 6.45) is 0.767. The van der Waals surface area contributed by atoms with Crippen LogP contribution in [-0.4, -0.2) is 23.2 Å². The lowest BCUT2D eigenvalue weighted by Crippen LogP contribution is -2.15. The molecular formula is C18H14F2N2O3. The zero-order valence-corrected chi connectivity index (χ0v) is 13.1. The SMILES string of the molecule is O=c1[nH]c([C@@H]2CCOC2)nc2cc(F)c(Oc3ccc(F)cc3)cc12. The van der Waals surface area contributed by atoms with Gasteiger partial charge in [-0.05, 0) is 36.8 Å². The predicted molar refractivity (Wildman–Crippen MR) is 87.0 cm³/mol. The van der Waals surface area contributed by atoms with Crippen LogP contribution in [0.2, 0.25) is 0 Å². The van der Waals surface area contributed by atoms with Gasteiger partial charge in [0.15, 0.2) is 11.6 Å². The summed E-state index contributed by atoms with van der Waals surface area (Å²) >= 11 is 0. The molecule has 0 aliphatic carbocycles. The molecule has 3 aromatic rings. The minimum atomic E-state index is -0.649. The largest absolute Gasteiger partial charge is 0.454 e. The molecule has 0 bridgehead atoms. The summed E-state index contributed by atoms with van der Waals surface area (Å²) < 4.78 is 38.0. The van der Waals surface area contributed by atoms with Gasteiger partial charge in [-0.2, -0.15) is 0 Å². The van der Waals surface area contributed by atoms with E-state index in [1.54, 1.807) is 0 Å². The molecule has 0 spiro atoms. The first kappa shape index (κ1) is 15.7. The second-order valence-corrected chi connectivity index (χ2v) is 5.87. The van der Waals surface area contributed by atoms with Crippen LogP contribution in [0, 0.1) is 11.6 Å². The third-order valence-electron chi connectivity index (χ3n) is 4.14. The van der Waals surface area contributed by atoms with Gasteiger partial charge in [0, 0.05) is 18.6 Å². The van der Waals surface area contributed by atoms with Gasteiger partial charge in [0.25, 0.3) is 5.56 Å². The van der Waals surface area contributed by atoms with E-state index in [1.165, 1.54) is 36.4 Å². The predicted octanol–water partition coefficient (Wildman–Crippen LogP) is 3.50. The average molecular weight is 344 g/mol. The Morgan fingerprint density at radius 3 is 2.72 bits per heavy atom. The summed E-state index contributed by atoms with van der Waals surface area (Å²) in [4.78, 5) is 19.4. The summed E-state index contributed by atoms with van der Waals surface area (Å²) in [5, 5.41) is 0.223. The molecule has 1 aromatic heterocycles. The highest BCUT2D eigenvalue weighted by Gasteiger charge is 2.21. The van der Waals surface area contributed by atoms with Crippen molar-refractivity contribution in [3.63, 3.8) is 0 Å². The first-order valence-corrected chi connectivity index (χ1v) is 7.85. The third-order valence-corrected chi connectivity index (χ3v) is 4.14. The van der Waals surface area contributed by atoms with Crippen molar-refractivity contribution in [1.29, 1.82) is 0 Å². The van der Waals surface area contributed by atoms with E-state index in [0.29, 0.717) is 19.0 Å². The number of H-pyrrole nitrogens is 1. The summed E-state index contributed by atoms with van der Waals surface area (Å²) in [6, 6.07) is 7.64. The van der Waals surface area contributed by atoms with Crippen LogP contribution in [0.1, 0.15) is 18.2 Å². The van der Waals surface area contributed by atoms with Crippen molar-refractivity contribution in [2.75, 3.05) is 13.2 Å². The van der Waals surface area contributed by atoms with Gasteiger partial charge in [-0.1, -0.05) is 0 Å². The molecule has 1 aliphatic rings. The molecule has 4 rings (SSSR count). The van der Waals surface area contributed by atoms with Gasteiger partial charge < -0.3 is 14.5 Å². The Kier molecular flexibility index (Phi) is 3.93. The summed E-state index contributed by atoms with van der Waals surface area (Å²) in [7, 11) is 0. The van der Waals surface area contributed by atoms with Gasteiger partial charge in [-0.25, -0.2) is 13.8 Å². The van der Waals surface area contributed by atoms with E-state index in [2.05, 4.69) is 9.97 Å². The topological polar surface area (TPSA) is 64.2 Å². The molecule has 0 amide bonds. The molecule has 1 fully saturated rings. The zero-order chi connectivity index (χ0) is 17.4. The molecule has 128 valence electrons. The standard InChI is InChI=1S/C18H14F2N2O3/c19-11-1-3-12(4-2-11)25-16-7-13-15(8-14(16)20)21-17(22-18(13)23)10-5-6-24-9-10/h1-4,7-8,10H,5-6,9H2,(H,21,22,23)/t10-/m1/s1. The Labute approximate surface area is 141 Å². The Bertz CT molecular complexity index is 980. The molecule has 7 heteroatoms. The maximum absolute atomic E-state index is 14.3. The number of nitrogens with zero attached hydrogens (tertiary/aromatic N) is 1. The quantitative estimate of drug-likeness (QED) is 0.790. The lowest BCUT2D eigenvalue weighted by atomic mass is 10.1. The maximum atomic E-state index is 14.3. The van der Waals surface area contributed by atoms with Gasteiger partial charge in [0.2, 0.25) is 0 Å². The minimum Gasteiger partial charge on any atom is -0.454 e. The van der Waals surface area contributed by atoms with Crippen LogP contribution >= 0.6 is 0 Å². The first-order valence-electron chi connectivity index (χ1n) is 7.85. The highest BCUT2D eigenvalue weighted by molar-refractivity contribution is 5.79. The van der Waals surface area contributed by atoms with E-state index < -0.39 is 11.6 Å². The number of fused-ring (bicyclic) bond motifs is 1. The first-order chi connectivity index (χ1) is 12.1. The van der Waals surface area contributed by atoms with Crippen molar-refractivity contribution in [3.8, 4) is 11.5 Å². The van der Waals surface area contributed by atoms with Gasteiger partial charge >= 0.3 is 0 Å². The van der Waals surface area contributed by atoms with Crippen LogP contribution in [0.4, 0.5) is 8.78 Å². The van der Waals surface area contributed by atoms with Crippen molar-refractivity contribution < 1.29 is 18.3 Å². The molecule has 5 nitrogen and oxygen atoms in total. The minimum absolute atomic E-state index is 0.00954. The second kappa shape index (κ2) is 6.25. The molecule has 1 aliphatic heterocycles. The van der Waals surface area contributed by atoms with E-state index in [0.717, 1.165) is 6.42 Å². The van der Waals surface area contributed by atoms with Gasteiger partial charge in [0.1, 0.15) is 17.4 Å². The normalized spacial score (nSPS) is 17.1. The van der Waals surface area contributed by atoms with E-state index in [1.807, 2.05) is 0 Å². The fourth-order valence-corrected chi connectivity index (χ4v) is 2.81. The van der Waals surface area contributed by atoms with E-state index in [-0.39, 0.29) is 33.9 Å². The van der Waals surface area contributed by atoms with Gasteiger partial charge in [0.05, 0.1) is 17.5 Å². The number of halogens is 2. The number of nitrogens with one attached hydrogen (secondary N) is 1. The van der Waals surface area contributed by atoms with Crippen LogP contribution < -0.4 is 10.3 Å². The lowest BCUT2D eigenvalue weighted by Gasteiger charge is -2.10. The molecule has 1 N–H and O–H groups in total. The van der Waals surface area contributed by atoms with Crippen LogP contribution in [-0.2, 0) is 4.74 Å². The maximum Gasteiger partial charge on any atom is 0.258 e. The number of hydrogen-bond acceptors (Lipinski definition) is 4. The molecule has 25 heavy (non-hydrogen) atoms. The molecule has 0 radical (unpaired) electrons. The number of aromatic amines is 1. The molecule has 2 aromatic carbocycles. The number of rotatable bonds is 3. The van der Waals surface area contributed by atoms with E-state index in [9.17, 15) is 13.6 Å². The molecule has 0 unspecified atom stereocenters. The van der Waals surface area contributed by atoms with Crippen molar-refractivity contribution in [1.82, 2.24) is 9.97 Å². The number of benzene rings is 2. The van der Waals surface area contributed by atoms with Crippen LogP contribution in [0.5, 0.6) is 11.5 Å². The molecule has 1 saturated heterocycles. The fourth-order valence-electron chi connectivity index (χ4n) is 2.81. The Balaban J connectivity index is 1.73. The Morgan fingerprint density at radius 1 is 1.20 bits per heavy atom. The highest BCUT2D eigenvalue weighted by atomic mass is 19.1. The molecule has 2 heterocycles. The van der Waals surface area contributed by atoms with Crippen LogP contribution in [0.3, 0.4) is 0 Å². The number of ether oxygens (including phenoxy) is 2. The van der Waals surface area contributed by atoms with Crippen molar-refractivity contribution >= 4 is 10.9 Å². The Morgan fingerprint density at radius 2 is 2.00 bits per heavy atom. The fraction of sp³-hybridized carbons (Fsp3) is 0.222. The summed E-state index contributed by atoms with van der Waals surface area (Å²) in [6.45, 7) is 1.11. The zero-order valence-electron chi connectivity index (χ0n) is 13.1. The molecule has 1 atom stereocenters. The third kappa shape index (κ3) is 3.10. The monoisotopic (exact) mass is 344 g/mol. The van der Waals surface area contributed by atoms with Crippen LogP contribution in [0.25, 0.3) is 10.9 Å². The Hall–Kier alpha value is -2.80.